The number of nitrogens with one attached hydrogen (secondary N) is 1. The van der Waals surface area contributed by atoms with Crippen LogP contribution in [0.25, 0.3) is 0 Å². The van der Waals surface area contributed by atoms with E-state index < -0.39 is 0 Å². The Balaban J connectivity index is 1.75. The molecule has 0 radical (unpaired) electrons. The smallest absolute Gasteiger partial charge is 0.274 e. The summed E-state index contributed by atoms with van der Waals surface area (Å²) in [4.78, 5) is 23.1. The molecule has 0 bridgehead atoms. The summed E-state index contributed by atoms with van der Waals surface area (Å²) in [6.07, 6.45) is 1.51. The van der Waals surface area contributed by atoms with Crippen LogP contribution in [-0.2, 0) is 0 Å². The van der Waals surface area contributed by atoms with Crippen molar-refractivity contribution in [2.45, 2.75) is 26.9 Å². The summed E-state index contributed by atoms with van der Waals surface area (Å²) in [5.41, 5.74) is 1.99. The Bertz CT molecular complexity index is 911. The summed E-state index contributed by atoms with van der Waals surface area (Å²) >= 11 is 0. The van der Waals surface area contributed by atoms with E-state index in [1.165, 1.54) is 6.33 Å². The number of ether oxygens (including phenoxy) is 1. The summed E-state index contributed by atoms with van der Waals surface area (Å²) in [6.45, 7) is 6.70. The number of anilines is 3. The zero-order chi connectivity index (χ0) is 19.9. The van der Waals surface area contributed by atoms with Crippen molar-refractivity contribution in [3.8, 4) is 5.75 Å². The maximum absolute atomic E-state index is 12.6. The maximum atomic E-state index is 12.6. The van der Waals surface area contributed by atoms with E-state index in [4.69, 9.17) is 4.74 Å². The highest BCUT2D eigenvalue weighted by Crippen LogP contribution is 2.23. The number of carbonyl (C=O) groups is 1. The topological polar surface area (TPSA) is 67.4 Å². The molecule has 1 N–H and O–H groups in total. The molecule has 0 fully saturated rings. The van der Waals surface area contributed by atoms with Crippen molar-refractivity contribution in [3.05, 3.63) is 72.7 Å². The van der Waals surface area contributed by atoms with E-state index >= 15 is 0 Å². The third-order valence-corrected chi connectivity index (χ3v) is 4.03. The first kappa shape index (κ1) is 19.4. The summed E-state index contributed by atoms with van der Waals surface area (Å²) < 4.78 is 5.62. The van der Waals surface area contributed by atoms with Crippen molar-refractivity contribution in [1.29, 1.82) is 0 Å². The lowest BCUT2D eigenvalue weighted by Gasteiger charge is -2.22. The zero-order valence-corrected chi connectivity index (χ0v) is 16.3. The molecule has 1 heterocycles. The minimum atomic E-state index is -0.287. The second-order valence-corrected chi connectivity index (χ2v) is 6.49. The Hall–Kier alpha value is -3.41. The van der Waals surface area contributed by atoms with Gasteiger partial charge in [-0.3, -0.25) is 4.79 Å². The molecule has 0 atom stereocenters. The third-order valence-electron chi connectivity index (χ3n) is 4.03. The van der Waals surface area contributed by atoms with Crippen molar-refractivity contribution >= 4 is 23.1 Å². The number of hydrogen-bond acceptors (Lipinski definition) is 5. The molecular formula is C22H24N4O2. The minimum Gasteiger partial charge on any atom is -0.491 e. The fourth-order valence-corrected chi connectivity index (χ4v) is 2.79. The van der Waals surface area contributed by atoms with Gasteiger partial charge >= 0.3 is 0 Å². The molecule has 2 aromatic carbocycles. The van der Waals surface area contributed by atoms with Crippen molar-refractivity contribution in [2.24, 2.45) is 0 Å². The highest BCUT2D eigenvalue weighted by molar-refractivity contribution is 6.03. The van der Waals surface area contributed by atoms with Crippen LogP contribution in [0.3, 0.4) is 0 Å². The van der Waals surface area contributed by atoms with Crippen LogP contribution >= 0.6 is 0 Å². The first-order valence-corrected chi connectivity index (χ1v) is 9.29. The molecule has 3 rings (SSSR count). The fraction of sp³-hybridized carbons (Fsp3) is 0.227. The molecule has 0 unspecified atom stereocenters. The van der Waals surface area contributed by atoms with Gasteiger partial charge in [-0.2, -0.15) is 0 Å². The first-order valence-electron chi connectivity index (χ1n) is 9.29. The normalized spacial score (nSPS) is 10.6. The van der Waals surface area contributed by atoms with E-state index in [0.29, 0.717) is 17.2 Å². The van der Waals surface area contributed by atoms with Gasteiger partial charge in [-0.05, 0) is 57.2 Å². The second kappa shape index (κ2) is 8.99. The number of rotatable bonds is 7. The quantitative estimate of drug-likeness (QED) is 0.649. The summed E-state index contributed by atoms with van der Waals surface area (Å²) in [6, 6.07) is 18.9. The second-order valence-electron chi connectivity index (χ2n) is 6.49. The van der Waals surface area contributed by atoms with Crippen LogP contribution in [0.4, 0.5) is 17.2 Å². The molecule has 0 aliphatic rings. The van der Waals surface area contributed by atoms with Gasteiger partial charge in [0.1, 0.15) is 23.6 Å². The Morgan fingerprint density at radius 3 is 2.43 bits per heavy atom. The SMILES string of the molecule is CCN(c1ccccc1)c1cc(C(=O)Nc2ccc(OC(C)C)cc2)ncn1. The Morgan fingerprint density at radius 1 is 1.07 bits per heavy atom. The fourth-order valence-electron chi connectivity index (χ4n) is 2.79. The van der Waals surface area contributed by atoms with Crippen molar-refractivity contribution in [2.75, 3.05) is 16.8 Å². The van der Waals surface area contributed by atoms with Crippen LogP contribution in [0, 0.1) is 0 Å². The largest absolute Gasteiger partial charge is 0.491 e. The van der Waals surface area contributed by atoms with Crippen LogP contribution in [0.1, 0.15) is 31.3 Å². The Morgan fingerprint density at radius 2 is 1.79 bits per heavy atom. The van der Waals surface area contributed by atoms with Crippen LogP contribution in [0.15, 0.2) is 67.0 Å². The highest BCUT2D eigenvalue weighted by Gasteiger charge is 2.14. The number of para-hydroxylation sites is 1. The molecule has 0 saturated heterocycles. The molecule has 1 amide bonds. The van der Waals surface area contributed by atoms with Gasteiger partial charge in [0, 0.05) is 24.0 Å². The molecule has 28 heavy (non-hydrogen) atoms. The summed E-state index contributed by atoms with van der Waals surface area (Å²) in [5, 5.41) is 2.86. The van der Waals surface area contributed by atoms with Crippen molar-refractivity contribution in [3.63, 3.8) is 0 Å². The molecule has 0 aliphatic carbocycles. The van der Waals surface area contributed by atoms with Gasteiger partial charge in [-0.1, -0.05) is 18.2 Å². The average molecular weight is 376 g/mol. The third kappa shape index (κ3) is 4.85. The highest BCUT2D eigenvalue weighted by atomic mass is 16.5. The lowest BCUT2D eigenvalue weighted by atomic mass is 10.2. The monoisotopic (exact) mass is 376 g/mol. The standard InChI is InChI=1S/C22H24N4O2/c1-4-26(18-8-6-5-7-9-18)21-14-20(23-15-24-21)22(27)25-17-10-12-19(13-11-17)28-16(2)3/h5-16H,4H2,1-3H3,(H,25,27). The molecule has 6 heteroatoms. The van der Waals surface area contributed by atoms with Gasteiger partial charge in [-0.15, -0.1) is 0 Å². The van der Waals surface area contributed by atoms with E-state index in [1.54, 1.807) is 18.2 Å². The Labute approximate surface area is 165 Å². The van der Waals surface area contributed by atoms with Gasteiger partial charge in [0.05, 0.1) is 6.10 Å². The number of benzene rings is 2. The average Bonchev–Trinajstić information content (AvgIpc) is 2.71. The zero-order valence-electron chi connectivity index (χ0n) is 16.3. The molecule has 144 valence electrons. The number of carbonyl (C=O) groups excluding carboxylic acids is 1. The molecule has 0 saturated carbocycles. The van der Waals surface area contributed by atoms with Gasteiger partial charge in [0.25, 0.3) is 5.91 Å². The molecule has 0 spiro atoms. The number of nitrogens with zero attached hydrogens (tertiary/aromatic N) is 3. The molecule has 6 nitrogen and oxygen atoms in total. The molecule has 3 aromatic rings. The lowest BCUT2D eigenvalue weighted by molar-refractivity contribution is 0.102. The van der Waals surface area contributed by atoms with Crippen LogP contribution < -0.4 is 15.0 Å². The van der Waals surface area contributed by atoms with E-state index in [0.717, 1.165) is 18.0 Å². The van der Waals surface area contributed by atoms with Crippen LogP contribution in [-0.4, -0.2) is 28.5 Å². The predicted molar refractivity (Wildman–Crippen MR) is 111 cm³/mol. The van der Waals surface area contributed by atoms with Gasteiger partial charge in [-0.25, -0.2) is 9.97 Å². The maximum Gasteiger partial charge on any atom is 0.274 e. The van der Waals surface area contributed by atoms with E-state index in [2.05, 4.69) is 15.3 Å². The first-order chi connectivity index (χ1) is 13.6. The van der Waals surface area contributed by atoms with Crippen molar-refractivity contribution in [1.82, 2.24) is 9.97 Å². The van der Waals surface area contributed by atoms with E-state index in [-0.39, 0.29) is 12.0 Å². The lowest BCUT2D eigenvalue weighted by Crippen LogP contribution is -2.20. The number of hydrogen-bond donors (Lipinski definition) is 1. The Kier molecular flexibility index (Phi) is 6.22. The van der Waals surface area contributed by atoms with E-state index in [9.17, 15) is 4.79 Å². The van der Waals surface area contributed by atoms with Gasteiger partial charge < -0.3 is 15.0 Å². The van der Waals surface area contributed by atoms with E-state index in [1.807, 2.05) is 68.1 Å². The summed E-state index contributed by atoms with van der Waals surface area (Å²) in [5.74, 6) is 1.15. The summed E-state index contributed by atoms with van der Waals surface area (Å²) in [7, 11) is 0. The number of aromatic nitrogens is 2. The van der Waals surface area contributed by atoms with Gasteiger partial charge in [0.2, 0.25) is 0 Å². The van der Waals surface area contributed by atoms with Crippen LogP contribution in [0.5, 0.6) is 5.75 Å². The van der Waals surface area contributed by atoms with Crippen molar-refractivity contribution < 1.29 is 9.53 Å². The molecule has 0 aliphatic heterocycles. The molecular weight excluding hydrogens is 352 g/mol. The van der Waals surface area contributed by atoms with Crippen LogP contribution in [0.2, 0.25) is 0 Å². The molecule has 1 aromatic heterocycles. The van der Waals surface area contributed by atoms with Gasteiger partial charge in [0.15, 0.2) is 0 Å². The minimum absolute atomic E-state index is 0.103. The number of amides is 1. The predicted octanol–water partition coefficient (Wildman–Crippen LogP) is 4.67.